The van der Waals surface area contributed by atoms with Crippen LogP contribution in [0.1, 0.15) is 5.69 Å². The number of hydrogen-bond acceptors (Lipinski definition) is 3. The normalized spacial score (nSPS) is 9.92. The average molecular weight is 231 g/mol. The number of nitrogens with zero attached hydrogens (tertiary/aromatic N) is 1. The third kappa shape index (κ3) is 2.46. The molecule has 12 heavy (non-hydrogen) atoms. The van der Waals surface area contributed by atoms with Crippen LogP contribution in [0.15, 0.2) is 16.6 Å². The standard InChI is InChI=1S/C8H11BrN2O/c1-6-7(9)2-3-8(11-6)10-4-5-12/h2-3,12H,4-5H2,1H3,(H,10,11). The lowest BCUT2D eigenvalue weighted by Gasteiger charge is -2.04. The number of aryl methyl sites for hydroxylation is 1. The Bertz CT molecular complexity index is 265. The van der Waals surface area contributed by atoms with Gasteiger partial charge in [-0.1, -0.05) is 0 Å². The molecule has 2 N–H and O–H groups in total. The minimum absolute atomic E-state index is 0.122. The summed E-state index contributed by atoms with van der Waals surface area (Å²) >= 11 is 3.36. The quantitative estimate of drug-likeness (QED) is 0.829. The van der Waals surface area contributed by atoms with Crippen molar-refractivity contribution in [3.63, 3.8) is 0 Å². The maximum Gasteiger partial charge on any atom is 0.126 e. The van der Waals surface area contributed by atoms with Crippen molar-refractivity contribution in [2.75, 3.05) is 18.5 Å². The Morgan fingerprint density at radius 2 is 2.33 bits per heavy atom. The molecule has 1 aromatic rings. The zero-order valence-electron chi connectivity index (χ0n) is 6.84. The van der Waals surface area contributed by atoms with Gasteiger partial charge >= 0.3 is 0 Å². The minimum Gasteiger partial charge on any atom is -0.395 e. The van der Waals surface area contributed by atoms with Crippen molar-refractivity contribution in [3.8, 4) is 0 Å². The third-order valence-corrected chi connectivity index (χ3v) is 2.28. The molecule has 0 spiro atoms. The molecule has 0 saturated carbocycles. The predicted molar refractivity (Wildman–Crippen MR) is 52.2 cm³/mol. The molecule has 0 radical (unpaired) electrons. The summed E-state index contributed by atoms with van der Waals surface area (Å²) in [5, 5.41) is 11.5. The number of halogens is 1. The van der Waals surface area contributed by atoms with Crippen molar-refractivity contribution >= 4 is 21.7 Å². The van der Waals surface area contributed by atoms with Crippen LogP contribution in [0.5, 0.6) is 0 Å². The van der Waals surface area contributed by atoms with Gasteiger partial charge in [0.05, 0.1) is 12.3 Å². The van der Waals surface area contributed by atoms with Gasteiger partial charge in [0, 0.05) is 11.0 Å². The van der Waals surface area contributed by atoms with Gasteiger partial charge in [0.1, 0.15) is 5.82 Å². The SMILES string of the molecule is Cc1nc(NCCO)ccc1Br. The van der Waals surface area contributed by atoms with E-state index in [1.54, 1.807) is 0 Å². The molecule has 4 heteroatoms. The van der Waals surface area contributed by atoms with E-state index in [0.29, 0.717) is 6.54 Å². The molecule has 0 aromatic carbocycles. The predicted octanol–water partition coefficient (Wildman–Crippen LogP) is 1.56. The molecule has 0 bridgehead atoms. The zero-order valence-corrected chi connectivity index (χ0v) is 8.43. The highest BCUT2D eigenvalue weighted by atomic mass is 79.9. The van der Waals surface area contributed by atoms with E-state index in [4.69, 9.17) is 5.11 Å². The van der Waals surface area contributed by atoms with Gasteiger partial charge in [0.15, 0.2) is 0 Å². The van der Waals surface area contributed by atoms with Crippen LogP contribution in [0, 0.1) is 6.92 Å². The maximum absolute atomic E-state index is 8.55. The summed E-state index contributed by atoms with van der Waals surface area (Å²) in [5.41, 5.74) is 0.943. The van der Waals surface area contributed by atoms with E-state index in [1.165, 1.54) is 0 Å². The van der Waals surface area contributed by atoms with Crippen molar-refractivity contribution < 1.29 is 5.11 Å². The molecular formula is C8H11BrN2O. The number of nitrogens with one attached hydrogen (secondary N) is 1. The molecule has 0 atom stereocenters. The van der Waals surface area contributed by atoms with Gasteiger partial charge in [-0.2, -0.15) is 0 Å². The van der Waals surface area contributed by atoms with Crippen molar-refractivity contribution in [1.29, 1.82) is 0 Å². The first-order valence-corrected chi connectivity index (χ1v) is 4.51. The molecule has 0 aliphatic carbocycles. The van der Waals surface area contributed by atoms with Crippen molar-refractivity contribution in [1.82, 2.24) is 4.98 Å². The summed E-state index contributed by atoms with van der Waals surface area (Å²) in [6.45, 7) is 2.58. The Kier molecular flexibility index (Phi) is 3.49. The Morgan fingerprint density at radius 1 is 1.58 bits per heavy atom. The molecule has 0 aliphatic heterocycles. The van der Waals surface area contributed by atoms with E-state index in [2.05, 4.69) is 26.2 Å². The number of hydrogen-bond donors (Lipinski definition) is 2. The molecule has 1 aromatic heterocycles. The molecule has 0 unspecified atom stereocenters. The second-order valence-corrected chi connectivity index (χ2v) is 3.27. The van der Waals surface area contributed by atoms with E-state index in [0.717, 1.165) is 16.0 Å². The summed E-state index contributed by atoms with van der Waals surface area (Å²) in [7, 11) is 0. The highest BCUT2D eigenvalue weighted by molar-refractivity contribution is 9.10. The van der Waals surface area contributed by atoms with E-state index in [9.17, 15) is 0 Å². The van der Waals surface area contributed by atoms with Crippen LogP contribution in [0.3, 0.4) is 0 Å². The smallest absolute Gasteiger partial charge is 0.126 e. The van der Waals surface area contributed by atoms with Crippen molar-refractivity contribution in [2.45, 2.75) is 6.92 Å². The molecular weight excluding hydrogens is 220 g/mol. The van der Waals surface area contributed by atoms with E-state index < -0.39 is 0 Å². The first kappa shape index (κ1) is 9.48. The van der Waals surface area contributed by atoms with Crippen LogP contribution in [-0.4, -0.2) is 23.2 Å². The highest BCUT2D eigenvalue weighted by Crippen LogP contribution is 2.15. The average Bonchev–Trinajstić information content (AvgIpc) is 2.07. The Morgan fingerprint density at radius 3 is 2.92 bits per heavy atom. The monoisotopic (exact) mass is 230 g/mol. The molecule has 3 nitrogen and oxygen atoms in total. The summed E-state index contributed by atoms with van der Waals surface area (Å²) in [6, 6.07) is 3.80. The molecule has 66 valence electrons. The lowest BCUT2D eigenvalue weighted by molar-refractivity contribution is 0.311. The second-order valence-electron chi connectivity index (χ2n) is 2.41. The fourth-order valence-electron chi connectivity index (χ4n) is 0.826. The zero-order chi connectivity index (χ0) is 8.97. The number of rotatable bonds is 3. The van der Waals surface area contributed by atoms with E-state index in [-0.39, 0.29) is 6.61 Å². The number of aliphatic hydroxyl groups excluding tert-OH is 1. The van der Waals surface area contributed by atoms with Gasteiger partial charge in [-0.25, -0.2) is 4.98 Å². The Balaban J connectivity index is 2.69. The third-order valence-electron chi connectivity index (χ3n) is 1.44. The van der Waals surface area contributed by atoms with Gasteiger partial charge in [-0.05, 0) is 35.0 Å². The summed E-state index contributed by atoms with van der Waals surface area (Å²) in [6.07, 6.45) is 0. The van der Waals surface area contributed by atoms with E-state index in [1.807, 2.05) is 19.1 Å². The lowest BCUT2D eigenvalue weighted by atomic mass is 10.4. The topological polar surface area (TPSA) is 45.2 Å². The molecule has 0 saturated heterocycles. The first-order valence-electron chi connectivity index (χ1n) is 3.72. The highest BCUT2D eigenvalue weighted by Gasteiger charge is 1.96. The molecule has 0 fully saturated rings. The Hall–Kier alpha value is -0.610. The van der Waals surface area contributed by atoms with Crippen molar-refractivity contribution in [2.24, 2.45) is 0 Å². The van der Waals surface area contributed by atoms with Crippen LogP contribution < -0.4 is 5.32 Å². The lowest BCUT2D eigenvalue weighted by Crippen LogP contribution is -2.07. The van der Waals surface area contributed by atoms with Crippen LogP contribution in [0.2, 0.25) is 0 Å². The number of anilines is 1. The van der Waals surface area contributed by atoms with Crippen LogP contribution in [-0.2, 0) is 0 Å². The van der Waals surface area contributed by atoms with Gasteiger partial charge in [-0.15, -0.1) is 0 Å². The van der Waals surface area contributed by atoms with Gasteiger partial charge in [-0.3, -0.25) is 0 Å². The summed E-state index contributed by atoms with van der Waals surface area (Å²) in [4.78, 5) is 4.24. The van der Waals surface area contributed by atoms with Gasteiger partial charge in [0.25, 0.3) is 0 Å². The summed E-state index contributed by atoms with van der Waals surface area (Å²) in [5.74, 6) is 0.796. The summed E-state index contributed by atoms with van der Waals surface area (Å²) < 4.78 is 0.997. The molecule has 1 rings (SSSR count). The van der Waals surface area contributed by atoms with Crippen molar-refractivity contribution in [3.05, 3.63) is 22.3 Å². The number of pyridine rings is 1. The Labute approximate surface area is 80.0 Å². The van der Waals surface area contributed by atoms with E-state index >= 15 is 0 Å². The van der Waals surface area contributed by atoms with Crippen LogP contribution >= 0.6 is 15.9 Å². The first-order chi connectivity index (χ1) is 5.74. The fourth-order valence-corrected chi connectivity index (χ4v) is 1.05. The fraction of sp³-hybridized carbons (Fsp3) is 0.375. The molecule has 0 aliphatic rings. The number of aliphatic hydroxyl groups is 1. The second kappa shape index (κ2) is 4.42. The largest absolute Gasteiger partial charge is 0.395 e. The van der Waals surface area contributed by atoms with Gasteiger partial charge in [0.2, 0.25) is 0 Å². The number of aromatic nitrogens is 1. The molecule has 0 amide bonds. The van der Waals surface area contributed by atoms with Crippen LogP contribution in [0.25, 0.3) is 0 Å². The van der Waals surface area contributed by atoms with Crippen LogP contribution in [0.4, 0.5) is 5.82 Å². The maximum atomic E-state index is 8.55. The minimum atomic E-state index is 0.122. The molecule has 1 heterocycles. The van der Waals surface area contributed by atoms with Gasteiger partial charge < -0.3 is 10.4 Å².